The molecule has 2 rings (SSSR count). The Balaban J connectivity index is 2.21. The molecule has 0 aliphatic rings. The number of nitrogens with two attached hydrogens (primary N) is 1. The summed E-state index contributed by atoms with van der Waals surface area (Å²) in [6.07, 6.45) is 1.57. The van der Waals surface area contributed by atoms with Crippen molar-refractivity contribution in [3.63, 3.8) is 0 Å². The first kappa shape index (κ1) is 14.8. The number of benzene rings is 1. The molecule has 0 fully saturated rings. The molecule has 1 atom stereocenters. The highest BCUT2D eigenvalue weighted by molar-refractivity contribution is 7.86. The molecule has 1 aromatic heterocycles. The molecule has 0 radical (unpaired) electrons. The van der Waals surface area contributed by atoms with E-state index in [4.69, 9.17) is 18.0 Å². The fourth-order valence-electron chi connectivity index (χ4n) is 1.38. The second-order valence-electron chi connectivity index (χ2n) is 3.72. The number of thiazole rings is 1. The first-order valence-electron chi connectivity index (χ1n) is 5.39. The molecule has 0 bridgehead atoms. The van der Waals surface area contributed by atoms with E-state index in [0.29, 0.717) is 10.8 Å². The molecule has 2 aromatic rings. The monoisotopic (exact) mass is 330 g/mol. The van der Waals surface area contributed by atoms with E-state index >= 15 is 0 Å². The predicted molar refractivity (Wildman–Crippen MR) is 83.7 cm³/mol. The van der Waals surface area contributed by atoms with Gasteiger partial charge in [-0.2, -0.15) is 0 Å². The van der Waals surface area contributed by atoms with Crippen LogP contribution in [0.15, 0.2) is 34.7 Å². The maximum absolute atomic E-state index is 14.0. The van der Waals surface area contributed by atoms with E-state index in [0.717, 1.165) is 0 Å². The summed E-state index contributed by atoms with van der Waals surface area (Å²) < 4.78 is 28.6. The van der Waals surface area contributed by atoms with E-state index in [9.17, 15) is 8.60 Å². The van der Waals surface area contributed by atoms with Crippen molar-refractivity contribution < 1.29 is 8.60 Å². The Labute approximate surface area is 127 Å². The molecule has 1 aromatic carbocycles. The second kappa shape index (κ2) is 6.25. The minimum absolute atomic E-state index is 0.0419. The maximum Gasteiger partial charge on any atom is 0.194 e. The van der Waals surface area contributed by atoms with Gasteiger partial charge >= 0.3 is 0 Å². The number of rotatable bonds is 4. The summed E-state index contributed by atoms with van der Waals surface area (Å²) in [5.74, 6) is -0.604. The van der Waals surface area contributed by atoms with Crippen LogP contribution in [0.4, 0.5) is 15.2 Å². The zero-order valence-corrected chi connectivity index (χ0v) is 12.8. The highest BCUT2D eigenvalue weighted by Gasteiger charge is 2.14. The van der Waals surface area contributed by atoms with Gasteiger partial charge in [0.2, 0.25) is 0 Å². The number of halogens is 1. The molecule has 3 N–H and O–H groups in total. The van der Waals surface area contributed by atoms with E-state index in [2.05, 4.69) is 9.71 Å². The zero-order valence-electron chi connectivity index (χ0n) is 10.4. The molecule has 106 valence electrons. The third kappa shape index (κ3) is 3.30. The number of hydrogen-bond acceptors (Lipinski definition) is 4. The molecule has 0 saturated carbocycles. The van der Waals surface area contributed by atoms with Gasteiger partial charge in [0.1, 0.15) is 5.82 Å². The lowest BCUT2D eigenvalue weighted by atomic mass is 10.3. The summed E-state index contributed by atoms with van der Waals surface area (Å²) in [7, 11) is -0.0897. The van der Waals surface area contributed by atoms with Crippen LogP contribution in [0.5, 0.6) is 0 Å². The average Bonchev–Trinajstić information content (AvgIpc) is 2.90. The van der Waals surface area contributed by atoms with Crippen LogP contribution in [-0.2, 0) is 11.0 Å². The molecule has 0 saturated heterocycles. The molecule has 0 spiro atoms. The molecule has 1 heterocycles. The van der Waals surface area contributed by atoms with Crippen molar-refractivity contribution >= 4 is 50.5 Å². The molecule has 1 unspecified atom stereocenters. The fraction of sp³-hybridized carbons (Fsp3) is 0.0909. The van der Waals surface area contributed by atoms with Crippen LogP contribution < -0.4 is 15.4 Å². The zero-order chi connectivity index (χ0) is 14.7. The fourth-order valence-corrected chi connectivity index (χ4v) is 3.03. The lowest BCUT2D eigenvalue weighted by molar-refractivity contribution is 0.596. The van der Waals surface area contributed by atoms with Crippen molar-refractivity contribution in [3.05, 3.63) is 35.6 Å². The minimum atomic E-state index is -1.72. The Morgan fingerprint density at radius 3 is 2.90 bits per heavy atom. The first-order chi connectivity index (χ1) is 9.49. The minimum Gasteiger partial charge on any atom is -0.376 e. The Kier molecular flexibility index (Phi) is 4.63. The van der Waals surface area contributed by atoms with Gasteiger partial charge in [-0.15, -0.1) is 11.3 Å². The number of nitrogens with one attached hydrogen (secondary N) is 1. The Hall–Kier alpha value is -1.58. The number of hydrogen-bond donors (Lipinski definition) is 2. The summed E-state index contributed by atoms with van der Waals surface area (Å²) in [5.41, 5.74) is 5.95. The van der Waals surface area contributed by atoms with Gasteiger partial charge in [0.05, 0.1) is 4.90 Å². The second-order valence-corrected chi connectivity index (χ2v) is 6.21. The highest BCUT2D eigenvalue weighted by atomic mass is 32.2. The van der Waals surface area contributed by atoms with E-state index < -0.39 is 16.8 Å². The van der Waals surface area contributed by atoms with Crippen LogP contribution in [-0.4, -0.2) is 21.4 Å². The molecular weight excluding hydrogens is 319 g/mol. The standard InChI is InChI=1S/C11H11FN4OS3/c1-16(10(13)18)7-2-3-9(8(12)6-7)20(17)15-11-14-4-5-19-11/h2-6H,1H3,(H2,13,18)(H,14,15). The molecule has 0 amide bonds. The Morgan fingerprint density at radius 2 is 2.35 bits per heavy atom. The number of anilines is 2. The van der Waals surface area contributed by atoms with Crippen LogP contribution in [0, 0.1) is 5.82 Å². The molecular formula is C11H11FN4OS3. The summed E-state index contributed by atoms with van der Waals surface area (Å²) in [6.45, 7) is 0. The van der Waals surface area contributed by atoms with Crippen molar-refractivity contribution in [1.29, 1.82) is 0 Å². The summed E-state index contributed by atoms with van der Waals surface area (Å²) in [5, 5.41) is 2.32. The third-order valence-electron chi connectivity index (χ3n) is 2.45. The molecule has 0 aliphatic carbocycles. The quantitative estimate of drug-likeness (QED) is 0.840. The van der Waals surface area contributed by atoms with Crippen molar-refractivity contribution in [2.75, 3.05) is 16.7 Å². The van der Waals surface area contributed by atoms with Gasteiger partial charge in [0.25, 0.3) is 0 Å². The van der Waals surface area contributed by atoms with Crippen LogP contribution >= 0.6 is 23.6 Å². The van der Waals surface area contributed by atoms with Gasteiger partial charge in [-0.3, -0.25) is 4.72 Å². The van der Waals surface area contributed by atoms with Gasteiger partial charge in [-0.25, -0.2) is 13.6 Å². The third-order valence-corrected chi connectivity index (χ3v) is 4.65. The Bertz CT molecular complexity index is 647. The lowest BCUT2D eigenvalue weighted by Gasteiger charge is -2.17. The number of aromatic nitrogens is 1. The SMILES string of the molecule is CN(C(N)=S)c1ccc(S(=O)Nc2nccs2)c(F)c1. The Morgan fingerprint density at radius 1 is 1.60 bits per heavy atom. The van der Waals surface area contributed by atoms with Gasteiger partial charge < -0.3 is 10.6 Å². The van der Waals surface area contributed by atoms with E-state index in [1.165, 1.54) is 28.4 Å². The summed E-state index contributed by atoms with van der Waals surface area (Å²) >= 11 is 6.09. The average molecular weight is 330 g/mol. The molecule has 5 nitrogen and oxygen atoms in total. The summed E-state index contributed by atoms with van der Waals surface area (Å²) in [4.78, 5) is 5.43. The smallest absolute Gasteiger partial charge is 0.194 e. The van der Waals surface area contributed by atoms with E-state index in [1.54, 1.807) is 24.7 Å². The highest BCUT2D eigenvalue weighted by Crippen LogP contribution is 2.22. The maximum atomic E-state index is 14.0. The molecule has 20 heavy (non-hydrogen) atoms. The van der Waals surface area contributed by atoms with Gasteiger partial charge in [0.15, 0.2) is 21.2 Å². The van der Waals surface area contributed by atoms with Crippen molar-refractivity contribution in [2.24, 2.45) is 5.73 Å². The van der Waals surface area contributed by atoms with Crippen molar-refractivity contribution in [3.8, 4) is 0 Å². The van der Waals surface area contributed by atoms with E-state index in [-0.39, 0.29) is 10.0 Å². The largest absolute Gasteiger partial charge is 0.376 e. The van der Waals surface area contributed by atoms with Crippen LogP contribution in [0.3, 0.4) is 0 Å². The molecule has 0 aliphatic heterocycles. The van der Waals surface area contributed by atoms with Crippen LogP contribution in [0.25, 0.3) is 0 Å². The lowest BCUT2D eigenvalue weighted by Crippen LogP contribution is -2.31. The molecule has 9 heteroatoms. The van der Waals surface area contributed by atoms with Crippen LogP contribution in [0.1, 0.15) is 0 Å². The predicted octanol–water partition coefficient (Wildman–Crippen LogP) is 2.10. The number of thiocarbonyl (C=S) groups is 1. The topological polar surface area (TPSA) is 71.2 Å². The van der Waals surface area contributed by atoms with E-state index in [1.807, 2.05) is 0 Å². The van der Waals surface area contributed by atoms with Crippen molar-refractivity contribution in [2.45, 2.75) is 4.90 Å². The first-order valence-corrected chi connectivity index (χ1v) is 7.83. The van der Waals surface area contributed by atoms with Crippen LogP contribution in [0.2, 0.25) is 0 Å². The number of nitrogens with zero attached hydrogens (tertiary/aromatic N) is 2. The van der Waals surface area contributed by atoms with Gasteiger partial charge in [-0.1, -0.05) is 0 Å². The van der Waals surface area contributed by atoms with Gasteiger partial charge in [0, 0.05) is 24.3 Å². The summed E-state index contributed by atoms with van der Waals surface area (Å²) in [6, 6.07) is 4.26. The normalized spacial score (nSPS) is 11.9. The van der Waals surface area contributed by atoms with Crippen molar-refractivity contribution in [1.82, 2.24) is 4.98 Å². The van der Waals surface area contributed by atoms with Gasteiger partial charge in [-0.05, 0) is 30.4 Å².